The zero-order chi connectivity index (χ0) is 25.1. The van der Waals surface area contributed by atoms with Crippen molar-refractivity contribution in [3.63, 3.8) is 0 Å². The van der Waals surface area contributed by atoms with Gasteiger partial charge in [0.05, 0.1) is 21.9 Å². The number of hydrazone groups is 1. The van der Waals surface area contributed by atoms with Crippen molar-refractivity contribution in [3.05, 3.63) is 22.7 Å². The van der Waals surface area contributed by atoms with Crippen LogP contribution in [0.3, 0.4) is 0 Å². The van der Waals surface area contributed by atoms with Gasteiger partial charge in [-0.15, -0.1) is 0 Å². The average molecular weight is 504 g/mol. The van der Waals surface area contributed by atoms with Crippen LogP contribution in [0.2, 0.25) is 5.02 Å². The number of aliphatic carboxylic acids is 1. The second-order valence-electron chi connectivity index (χ2n) is 7.28. The number of aromatic hydroxyl groups is 2. The molecule has 1 unspecified atom stereocenters. The maximum absolute atomic E-state index is 12.1. The quantitative estimate of drug-likeness (QED) is 0.0946. The van der Waals surface area contributed by atoms with E-state index in [0.29, 0.717) is 6.21 Å². The minimum atomic E-state index is -3.05. The summed E-state index contributed by atoms with van der Waals surface area (Å²) in [6, 6.07) is -0.142. The largest absolute Gasteiger partial charge is 0.772 e. The summed E-state index contributed by atoms with van der Waals surface area (Å²) in [6.45, 7) is 1.95. The molecule has 33 heavy (non-hydrogen) atoms. The molecule has 15 heteroatoms. The lowest BCUT2D eigenvalue weighted by molar-refractivity contribution is -0.161. The molecule has 0 spiro atoms. The highest BCUT2D eigenvalue weighted by atomic mass is 35.5. The Balaban J connectivity index is 2.06. The van der Waals surface area contributed by atoms with Crippen molar-refractivity contribution in [2.45, 2.75) is 37.1 Å². The highest BCUT2D eigenvalue weighted by Crippen LogP contribution is 2.35. The van der Waals surface area contributed by atoms with Crippen LogP contribution in [0.25, 0.3) is 0 Å². The standard InChI is InChI=1S/C18H21ClN4O9S/c1-8-5-12(26)23(8)15(17(29)30)18(2,33(31)32)7-21-22-11(25)6-20-16(28)9-3-4-10(24)14(27)13(9)19/h3-4,7-8,15,24,27H,5-6H2,1-2H3,(H,20,28)(H,22,25)(H,29,30)(H,31,32)/p-1/b21-7+/t8-,15+,18+/m1/s1. The summed E-state index contributed by atoms with van der Waals surface area (Å²) >= 11 is 2.71. The minimum absolute atomic E-state index is 0.0712. The first-order chi connectivity index (χ1) is 15.3. The van der Waals surface area contributed by atoms with E-state index in [1.807, 2.05) is 5.43 Å². The topological polar surface area (TPSA) is 209 Å². The maximum atomic E-state index is 12.1. The number of amides is 3. The fourth-order valence-corrected chi connectivity index (χ4v) is 3.87. The van der Waals surface area contributed by atoms with Crippen LogP contribution in [0.4, 0.5) is 0 Å². The van der Waals surface area contributed by atoms with Gasteiger partial charge in [-0.05, 0) is 37.1 Å². The number of nitrogens with zero attached hydrogens (tertiary/aromatic N) is 2. The number of nitrogens with one attached hydrogen (secondary N) is 2. The second-order valence-corrected chi connectivity index (χ2v) is 9.01. The zero-order valence-electron chi connectivity index (χ0n) is 17.3. The number of carbonyl (C=O) groups is 4. The number of phenolic OH excluding ortho intramolecular Hbond substituents is 2. The number of carboxylic acid groups (broad SMARTS) is 1. The lowest BCUT2D eigenvalue weighted by Crippen LogP contribution is -2.67. The van der Waals surface area contributed by atoms with Gasteiger partial charge in [0, 0.05) is 18.7 Å². The van der Waals surface area contributed by atoms with Gasteiger partial charge in [0.25, 0.3) is 11.8 Å². The number of rotatable bonds is 9. The minimum Gasteiger partial charge on any atom is -0.772 e. The van der Waals surface area contributed by atoms with Gasteiger partial charge in [-0.2, -0.15) is 5.10 Å². The van der Waals surface area contributed by atoms with Crippen molar-refractivity contribution in [2.24, 2.45) is 5.10 Å². The number of β-lactam (4-membered cyclic amide) rings is 1. The SMILES string of the molecule is C[C@@H]1CC(=O)N1[C@@H](C(=O)O)[C@](C)(/C=N/NC(=O)CNC(=O)c1ccc(O)c(O)c1Cl)S(=O)[O-]. The predicted molar refractivity (Wildman–Crippen MR) is 113 cm³/mol. The average Bonchev–Trinajstić information content (AvgIpc) is 2.73. The molecule has 0 aliphatic carbocycles. The Morgan fingerprint density at radius 2 is 2.06 bits per heavy atom. The van der Waals surface area contributed by atoms with E-state index in [0.717, 1.165) is 24.0 Å². The molecule has 1 fully saturated rings. The van der Waals surface area contributed by atoms with Crippen LogP contribution in [-0.2, 0) is 25.5 Å². The predicted octanol–water partition coefficient (Wildman–Crippen LogP) is -0.705. The molecule has 1 aromatic carbocycles. The fourth-order valence-electron chi connectivity index (χ4n) is 3.09. The molecule has 1 aromatic rings. The summed E-state index contributed by atoms with van der Waals surface area (Å²) < 4.78 is 21.5. The zero-order valence-corrected chi connectivity index (χ0v) is 18.8. The van der Waals surface area contributed by atoms with Crippen LogP contribution >= 0.6 is 11.6 Å². The van der Waals surface area contributed by atoms with E-state index in [2.05, 4.69) is 10.4 Å². The van der Waals surface area contributed by atoms with Crippen LogP contribution in [0.1, 0.15) is 30.6 Å². The number of carboxylic acids is 1. The molecule has 3 amide bonds. The van der Waals surface area contributed by atoms with Crippen molar-refractivity contribution in [1.82, 2.24) is 15.6 Å². The molecule has 2 rings (SSSR count). The van der Waals surface area contributed by atoms with E-state index >= 15 is 0 Å². The number of carbonyl (C=O) groups excluding carboxylic acids is 3. The van der Waals surface area contributed by atoms with E-state index in [-0.39, 0.29) is 12.0 Å². The Labute approximate surface area is 194 Å². The molecule has 1 saturated heterocycles. The van der Waals surface area contributed by atoms with E-state index in [9.17, 15) is 43.3 Å². The molecule has 0 aromatic heterocycles. The monoisotopic (exact) mass is 503 g/mol. The summed E-state index contributed by atoms with van der Waals surface area (Å²) in [4.78, 5) is 48.6. The van der Waals surface area contributed by atoms with Gasteiger partial charge in [0.1, 0.15) is 0 Å². The Morgan fingerprint density at radius 1 is 1.42 bits per heavy atom. The van der Waals surface area contributed by atoms with Crippen molar-refractivity contribution in [2.75, 3.05) is 6.54 Å². The van der Waals surface area contributed by atoms with Gasteiger partial charge in [0.15, 0.2) is 17.5 Å². The molecule has 180 valence electrons. The van der Waals surface area contributed by atoms with Gasteiger partial charge in [-0.25, -0.2) is 10.2 Å². The van der Waals surface area contributed by atoms with Crippen LogP contribution in [-0.4, -0.2) is 82.3 Å². The van der Waals surface area contributed by atoms with Gasteiger partial charge in [-0.3, -0.25) is 18.6 Å². The molecule has 5 N–H and O–H groups in total. The first-order valence-electron chi connectivity index (χ1n) is 9.26. The summed E-state index contributed by atoms with van der Waals surface area (Å²) in [6.07, 6.45) is 0.754. The van der Waals surface area contributed by atoms with Crippen molar-refractivity contribution >= 4 is 52.6 Å². The first kappa shape index (κ1) is 26.0. The maximum Gasteiger partial charge on any atom is 0.328 e. The Hall–Kier alpha value is -3.23. The summed E-state index contributed by atoms with van der Waals surface area (Å²) in [5, 5.41) is 33.6. The summed E-state index contributed by atoms with van der Waals surface area (Å²) in [5.74, 6) is -5.14. The van der Waals surface area contributed by atoms with Crippen molar-refractivity contribution in [1.29, 1.82) is 0 Å². The number of hydrogen-bond donors (Lipinski definition) is 5. The molecule has 0 radical (unpaired) electrons. The third kappa shape index (κ3) is 5.40. The lowest BCUT2D eigenvalue weighted by atomic mass is 9.92. The van der Waals surface area contributed by atoms with Gasteiger partial charge >= 0.3 is 5.97 Å². The molecular formula is C18H20ClN4O9S-. The number of halogens is 1. The van der Waals surface area contributed by atoms with Gasteiger partial charge < -0.3 is 30.1 Å². The number of phenols is 2. The first-order valence-corrected chi connectivity index (χ1v) is 10.7. The molecule has 0 saturated carbocycles. The number of likely N-dealkylation sites (tertiary alicyclic amines) is 1. The molecular weight excluding hydrogens is 484 g/mol. The van der Waals surface area contributed by atoms with Crippen LogP contribution in [0.15, 0.2) is 17.2 Å². The van der Waals surface area contributed by atoms with E-state index in [4.69, 9.17) is 11.6 Å². The normalized spacial score (nSPS) is 19.3. The van der Waals surface area contributed by atoms with E-state index in [1.54, 1.807) is 6.92 Å². The van der Waals surface area contributed by atoms with Crippen molar-refractivity contribution < 1.29 is 43.3 Å². The fraction of sp³-hybridized carbons (Fsp3) is 0.389. The second kappa shape index (κ2) is 10.1. The third-order valence-electron chi connectivity index (χ3n) is 4.91. The highest BCUT2D eigenvalue weighted by Gasteiger charge is 2.51. The summed E-state index contributed by atoms with van der Waals surface area (Å²) in [7, 11) is 0. The van der Waals surface area contributed by atoms with Crippen LogP contribution in [0, 0.1) is 0 Å². The van der Waals surface area contributed by atoms with Crippen molar-refractivity contribution in [3.8, 4) is 11.5 Å². The van der Waals surface area contributed by atoms with Gasteiger partial charge in [-0.1, -0.05) is 11.6 Å². The molecule has 0 bridgehead atoms. The molecule has 1 aliphatic heterocycles. The Kier molecular flexibility index (Phi) is 8.00. The summed E-state index contributed by atoms with van der Waals surface area (Å²) in [5.41, 5.74) is 1.72. The third-order valence-corrected chi connectivity index (χ3v) is 6.34. The van der Waals surface area contributed by atoms with E-state index in [1.165, 1.54) is 0 Å². The van der Waals surface area contributed by atoms with E-state index < -0.39 is 74.7 Å². The molecule has 1 aliphatic rings. The Morgan fingerprint density at radius 3 is 2.58 bits per heavy atom. The smallest absolute Gasteiger partial charge is 0.328 e. The molecule has 13 nitrogen and oxygen atoms in total. The highest BCUT2D eigenvalue weighted by molar-refractivity contribution is 7.81. The van der Waals surface area contributed by atoms with Gasteiger partial charge in [0.2, 0.25) is 5.91 Å². The van der Waals surface area contributed by atoms with Crippen LogP contribution < -0.4 is 10.7 Å². The number of hydrogen-bond acceptors (Lipinski definition) is 9. The number of benzene rings is 1. The van der Waals surface area contributed by atoms with Crippen LogP contribution in [0.5, 0.6) is 11.5 Å². The molecule has 4 atom stereocenters. The Bertz CT molecular complexity index is 1050. The molecule has 1 heterocycles. The lowest BCUT2D eigenvalue weighted by Gasteiger charge is -2.48.